The van der Waals surface area contributed by atoms with Crippen LogP contribution in [-0.2, 0) is 0 Å². The van der Waals surface area contributed by atoms with Gasteiger partial charge in [-0.1, -0.05) is 128 Å². The minimum absolute atomic E-state index is 0.867. The van der Waals surface area contributed by atoms with Crippen LogP contribution in [0.5, 0.6) is 0 Å². The first-order valence-electron chi connectivity index (χ1n) is 17.0. The van der Waals surface area contributed by atoms with Gasteiger partial charge < -0.3 is 8.98 Å². The quantitative estimate of drug-likeness (QED) is 0.171. The van der Waals surface area contributed by atoms with Crippen molar-refractivity contribution in [2.75, 3.05) is 0 Å². The predicted octanol–water partition coefficient (Wildman–Crippen LogP) is 12.9. The van der Waals surface area contributed by atoms with Crippen molar-refractivity contribution in [3.8, 4) is 27.9 Å². The molecule has 0 saturated carbocycles. The molecule has 3 heterocycles. The van der Waals surface area contributed by atoms with Crippen molar-refractivity contribution in [1.82, 2.24) is 9.55 Å². The number of allylic oxidation sites excluding steroid dienone is 4. The first kappa shape index (κ1) is 29.0. The minimum atomic E-state index is 0.867. The zero-order valence-electron chi connectivity index (χ0n) is 27.5. The van der Waals surface area contributed by atoms with Gasteiger partial charge in [0.1, 0.15) is 5.58 Å². The third-order valence-corrected chi connectivity index (χ3v) is 9.60. The zero-order chi connectivity index (χ0) is 32.9. The van der Waals surface area contributed by atoms with Crippen molar-refractivity contribution < 1.29 is 4.42 Å². The van der Waals surface area contributed by atoms with Gasteiger partial charge in [0.2, 0.25) is 0 Å². The lowest BCUT2D eigenvalue weighted by molar-refractivity contribution is 0.666. The molecule has 0 aliphatic rings. The second-order valence-electron chi connectivity index (χ2n) is 12.5. The number of furan rings is 1. The Hall–Kier alpha value is -6.19. The van der Waals surface area contributed by atoms with E-state index in [4.69, 9.17) is 9.40 Å². The van der Waals surface area contributed by atoms with E-state index < -0.39 is 0 Å². The molecule has 0 atom stereocenters. The van der Waals surface area contributed by atoms with Crippen LogP contribution in [0.25, 0.3) is 88.2 Å². The Morgan fingerprint density at radius 3 is 2.27 bits per heavy atom. The molecule has 0 aliphatic heterocycles. The fourth-order valence-corrected chi connectivity index (χ4v) is 7.48. The molecule has 0 fully saturated rings. The molecule has 3 heteroatoms. The summed E-state index contributed by atoms with van der Waals surface area (Å²) in [5.74, 6) is 0. The lowest BCUT2D eigenvalue weighted by Crippen LogP contribution is -1.94. The van der Waals surface area contributed by atoms with Gasteiger partial charge >= 0.3 is 0 Å². The van der Waals surface area contributed by atoms with Gasteiger partial charge in [-0.2, -0.15) is 0 Å². The number of rotatable bonds is 6. The summed E-state index contributed by atoms with van der Waals surface area (Å²) >= 11 is 0. The molecule has 0 radical (unpaired) electrons. The zero-order valence-corrected chi connectivity index (χ0v) is 27.5. The van der Waals surface area contributed by atoms with E-state index >= 15 is 0 Å². The van der Waals surface area contributed by atoms with Crippen molar-refractivity contribution in [3.63, 3.8) is 0 Å². The van der Waals surface area contributed by atoms with E-state index in [1.165, 1.54) is 21.9 Å². The Morgan fingerprint density at radius 2 is 1.41 bits per heavy atom. The monoisotopic (exact) mass is 630 g/mol. The van der Waals surface area contributed by atoms with Gasteiger partial charge in [-0.3, -0.25) is 0 Å². The van der Waals surface area contributed by atoms with Crippen LogP contribution in [0.4, 0.5) is 0 Å². The molecule has 0 saturated heterocycles. The van der Waals surface area contributed by atoms with E-state index in [0.717, 1.165) is 78.4 Å². The van der Waals surface area contributed by atoms with Crippen molar-refractivity contribution in [2.24, 2.45) is 0 Å². The van der Waals surface area contributed by atoms with E-state index in [1.807, 2.05) is 0 Å². The number of benzene rings is 6. The van der Waals surface area contributed by atoms with Crippen molar-refractivity contribution >= 4 is 60.2 Å². The SMILES string of the molecule is C/C=C\C(=C/CC)c1cc(-c2cccc3oc4c(-n5c6ccccc6c6ccc(-c7ccccc7)cc65)cccc4c23)c2ccccc2n1. The Labute approximate surface area is 285 Å². The number of para-hydroxylation sites is 3. The van der Waals surface area contributed by atoms with E-state index in [0.29, 0.717) is 0 Å². The lowest BCUT2D eigenvalue weighted by Gasteiger charge is -2.12. The highest BCUT2D eigenvalue weighted by Crippen LogP contribution is 2.43. The van der Waals surface area contributed by atoms with Gasteiger partial charge in [0, 0.05) is 26.9 Å². The van der Waals surface area contributed by atoms with E-state index in [9.17, 15) is 0 Å². The van der Waals surface area contributed by atoms with E-state index in [-0.39, 0.29) is 0 Å². The highest BCUT2D eigenvalue weighted by atomic mass is 16.3. The average molecular weight is 631 g/mol. The summed E-state index contributed by atoms with van der Waals surface area (Å²) in [5, 5.41) is 5.76. The molecule has 0 unspecified atom stereocenters. The summed E-state index contributed by atoms with van der Waals surface area (Å²) in [6, 6.07) is 49.7. The van der Waals surface area contributed by atoms with Crippen LogP contribution in [0, 0.1) is 0 Å². The summed E-state index contributed by atoms with van der Waals surface area (Å²) in [4.78, 5) is 5.12. The third kappa shape index (κ3) is 4.69. The Kier molecular flexibility index (Phi) is 6.98. The fourth-order valence-electron chi connectivity index (χ4n) is 7.48. The van der Waals surface area contributed by atoms with Crippen LogP contribution < -0.4 is 0 Å². The molecular weight excluding hydrogens is 597 g/mol. The molecule has 0 aliphatic carbocycles. The van der Waals surface area contributed by atoms with Crippen LogP contribution in [0.15, 0.2) is 162 Å². The van der Waals surface area contributed by atoms with Crippen LogP contribution >= 0.6 is 0 Å². The van der Waals surface area contributed by atoms with Crippen molar-refractivity contribution in [1.29, 1.82) is 0 Å². The highest BCUT2D eigenvalue weighted by Gasteiger charge is 2.21. The van der Waals surface area contributed by atoms with Gasteiger partial charge in [0.05, 0.1) is 27.9 Å². The Balaban J connectivity index is 1.33. The van der Waals surface area contributed by atoms with E-state index in [1.54, 1.807) is 0 Å². The minimum Gasteiger partial charge on any atom is -0.454 e. The summed E-state index contributed by atoms with van der Waals surface area (Å²) in [5.41, 5.74) is 12.8. The molecule has 3 aromatic heterocycles. The summed E-state index contributed by atoms with van der Waals surface area (Å²) in [6.07, 6.45) is 7.42. The first-order chi connectivity index (χ1) is 24.2. The predicted molar refractivity (Wildman–Crippen MR) is 207 cm³/mol. The third-order valence-electron chi connectivity index (χ3n) is 9.60. The van der Waals surface area contributed by atoms with Gasteiger partial charge in [-0.25, -0.2) is 4.98 Å². The summed E-state index contributed by atoms with van der Waals surface area (Å²) in [6.45, 7) is 4.22. The Morgan fingerprint density at radius 1 is 0.653 bits per heavy atom. The number of pyridine rings is 1. The number of nitrogens with zero attached hydrogens (tertiary/aromatic N) is 2. The largest absolute Gasteiger partial charge is 0.454 e. The number of hydrogen-bond acceptors (Lipinski definition) is 2. The summed E-state index contributed by atoms with van der Waals surface area (Å²) in [7, 11) is 0. The highest BCUT2D eigenvalue weighted by molar-refractivity contribution is 6.18. The van der Waals surface area contributed by atoms with Crippen LogP contribution in [0.3, 0.4) is 0 Å². The molecule has 0 N–H and O–H groups in total. The van der Waals surface area contributed by atoms with Gasteiger partial charge in [-0.05, 0) is 77.6 Å². The molecular formula is C46H34N2O. The number of hydrogen-bond donors (Lipinski definition) is 0. The van der Waals surface area contributed by atoms with Gasteiger partial charge in [0.25, 0.3) is 0 Å². The van der Waals surface area contributed by atoms with Crippen molar-refractivity contribution in [2.45, 2.75) is 20.3 Å². The summed E-state index contributed by atoms with van der Waals surface area (Å²) < 4.78 is 9.27. The lowest BCUT2D eigenvalue weighted by atomic mass is 9.94. The molecule has 49 heavy (non-hydrogen) atoms. The second kappa shape index (κ2) is 11.8. The second-order valence-corrected chi connectivity index (χ2v) is 12.5. The molecule has 9 rings (SSSR count). The first-order valence-corrected chi connectivity index (χ1v) is 17.0. The van der Waals surface area contributed by atoms with Gasteiger partial charge in [-0.15, -0.1) is 0 Å². The smallest absolute Gasteiger partial charge is 0.159 e. The van der Waals surface area contributed by atoms with E-state index in [2.05, 4.69) is 176 Å². The molecule has 0 spiro atoms. The maximum Gasteiger partial charge on any atom is 0.159 e. The molecule has 0 amide bonds. The molecule has 0 bridgehead atoms. The Bertz CT molecular complexity index is 2760. The molecule has 6 aromatic carbocycles. The molecule has 9 aromatic rings. The molecule has 3 nitrogen and oxygen atoms in total. The maximum atomic E-state index is 6.89. The maximum absolute atomic E-state index is 6.89. The number of fused-ring (bicyclic) bond motifs is 7. The fraction of sp³-hybridized carbons (Fsp3) is 0.0652. The van der Waals surface area contributed by atoms with Crippen LogP contribution in [-0.4, -0.2) is 9.55 Å². The topological polar surface area (TPSA) is 31.0 Å². The van der Waals surface area contributed by atoms with Crippen molar-refractivity contribution in [3.05, 3.63) is 163 Å². The van der Waals surface area contributed by atoms with Crippen LogP contribution in [0.1, 0.15) is 26.0 Å². The van der Waals surface area contributed by atoms with Gasteiger partial charge in [0.15, 0.2) is 5.58 Å². The number of aromatic nitrogens is 2. The average Bonchev–Trinajstić information content (AvgIpc) is 3.70. The normalized spacial score (nSPS) is 12.4. The standard InChI is InChI=1S/C46H34N2O/c1-3-14-31(15-4-2)40-29-38(33-18-8-10-22-39(33)47-40)36-20-13-25-44-45(36)37-21-12-24-42(46(37)49-44)48-41-23-11-9-19-34(41)35-27-26-32(28-43(35)48)30-16-6-5-7-17-30/h3,5-29H,4H2,1-2H3/b14-3-,31-15+. The molecule has 234 valence electrons. The van der Waals surface area contributed by atoms with Crippen LogP contribution in [0.2, 0.25) is 0 Å².